The zero-order valence-electron chi connectivity index (χ0n) is 15.5. The maximum absolute atomic E-state index is 10.3. The number of piperazine rings is 1. The van der Waals surface area contributed by atoms with Gasteiger partial charge < -0.3 is 14.7 Å². The van der Waals surface area contributed by atoms with Crippen LogP contribution < -0.4 is 4.90 Å². The van der Waals surface area contributed by atoms with Crippen LogP contribution in [-0.4, -0.2) is 55.1 Å². The average molecular weight is 344 g/mol. The highest BCUT2D eigenvalue weighted by molar-refractivity contribution is 5.47. The second-order valence-corrected chi connectivity index (χ2v) is 8.34. The highest BCUT2D eigenvalue weighted by Gasteiger charge is 2.48. The molecule has 2 saturated heterocycles. The number of aliphatic hydroxyl groups excluding tert-OH is 1. The largest absolute Gasteiger partial charge is 0.369 e. The minimum Gasteiger partial charge on any atom is -0.369 e. The van der Waals surface area contributed by atoms with E-state index in [0.717, 1.165) is 58.4 Å². The first kappa shape index (κ1) is 17.3. The van der Waals surface area contributed by atoms with Crippen LogP contribution >= 0.6 is 0 Å². The lowest BCUT2D eigenvalue weighted by Crippen LogP contribution is -2.47. The SMILES string of the molecule is Cc1ccc(N2CCN(CCC3CC4(CCCC4)C(O)O3)CC2)cc1. The van der Waals surface area contributed by atoms with Crippen LogP contribution in [0.1, 0.15) is 44.1 Å². The molecule has 2 heterocycles. The molecule has 2 unspecified atom stereocenters. The highest BCUT2D eigenvalue weighted by Crippen LogP contribution is 2.50. The molecule has 0 bridgehead atoms. The standard InChI is InChI=1S/C21H32N2O2/c1-17-4-6-18(7-5-17)23-14-12-22(13-15-23)11-8-19-16-21(20(24)25-19)9-2-3-10-21/h4-7,19-20,24H,2-3,8-16H2,1H3. The Bertz CT molecular complexity index is 560. The predicted octanol–water partition coefficient (Wildman–Crippen LogP) is 3.17. The van der Waals surface area contributed by atoms with Crippen molar-refractivity contribution in [3.63, 3.8) is 0 Å². The second kappa shape index (κ2) is 7.26. The maximum Gasteiger partial charge on any atom is 0.160 e. The molecule has 0 radical (unpaired) electrons. The molecule has 0 amide bonds. The summed E-state index contributed by atoms with van der Waals surface area (Å²) in [5.74, 6) is 0. The number of benzene rings is 1. The number of ether oxygens (including phenoxy) is 1. The molecule has 4 rings (SSSR count). The van der Waals surface area contributed by atoms with Gasteiger partial charge in [-0.25, -0.2) is 0 Å². The number of aryl methyl sites for hydroxylation is 1. The molecule has 4 heteroatoms. The van der Waals surface area contributed by atoms with E-state index in [0.29, 0.717) is 0 Å². The summed E-state index contributed by atoms with van der Waals surface area (Å²) in [6, 6.07) is 8.87. The van der Waals surface area contributed by atoms with Crippen molar-refractivity contribution in [3.05, 3.63) is 29.8 Å². The summed E-state index contributed by atoms with van der Waals surface area (Å²) < 4.78 is 5.91. The summed E-state index contributed by atoms with van der Waals surface area (Å²) in [4.78, 5) is 5.04. The second-order valence-electron chi connectivity index (χ2n) is 8.34. The van der Waals surface area contributed by atoms with E-state index in [9.17, 15) is 5.11 Å². The summed E-state index contributed by atoms with van der Waals surface area (Å²) in [6.45, 7) is 7.67. The Kier molecular flexibility index (Phi) is 5.03. The lowest BCUT2D eigenvalue weighted by atomic mass is 9.82. The third-order valence-corrected chi connectivity index (χ3v) is 6.62. The Labute approximate surface area is 151 Å². The molecule has 1 saturated carbocycles. The molecule has 138 valence electrons. The number of hydrogen-bond acceptors (Lipinski definition) is 4. The fourth-order valence-electron chi connectivity index (χ4n) is 4.94. The van der Waals surface area contributed by atoms with Crippen molar-refractivity contribution >= 4 is 5.69 Å². The molecule has 1 aromatic carbocycles. The highest BCUT2D eigenvalue weighted by atomic mass is 16.6. The van der Waals surface area contributed by atoms with Gasteiger partial charge >= 0.3 is 0 Å². The van der Waals surface area contributed by atoms with Crippen molar-refractivity contribution < 1.29 is 9.84 Å². The quantitative estimate of drug-likeness (QED) is 0.910. The first-order chi connectivity index (χ1) is 12.1. The van der Waals surface area contributed by atoms with E-state index in [2.05, 4.69) is 41.0 Å². The summed E-state index contributed by atoms with van der Waals surface area (Å²) in [5.41, 5.74) is 2.76. The van der Waals surface area contributed by atoms with Crippen molar-refractivity contribution in [2.24, 2.45) is 5.41 Å². The number of hydrogen-bond donors (Lipinski definition) is 1. The van der Waals surface area contributed by atoms with Crippen LogP contribution in [0.5, 0.6) is 0 Å². The van der Waals surface area contributed by atoms with Crippen LogP contribution in [-0.2, 0) is 4.74 Å². The maximum atomic E-state index is 10.3. The van der Waals surface area contributed by atoms with Gasteiger partial charge in [-0.15, -0.1) is 0 Å². The van der Waals surface area contributed by atoms with E-state index in [-0.39, 0.29) is 11.5 Å². The van der Waals surface area contributed by atoms with E-state index < -0.39 is 6.29 Å². The van der Waals surface area contributed by atoms with Crippen molar-refractivity contribution in [2.45, 2.75) is 57.8 Å². The number of aliphatic hydroxyl groups is 1. The smallest absolute Gasteiger partial charge is 0.160 e. The Morgan fingerprint density at radius 3 is 2.44 bits per heavy atom. The van der Waals surface area contributed by atoms with E-state index in [1.165, 1.54) is 24.1 Å². The predicted molar refractivity (Wildman–Crippen MR) is 101 cm³/mol. The molecule has 1 spiro atoms. The monoisotopic (exact) mass is 344 g/mol. The van der Waals surface area contributed by atoms with Gasteiger partial charge in [0.1, 0.15) is 0 Å². The van der Waals surface area contributed by atoms with E-state index in [4.69, 9.17) is 4.74 Å². The van der Waals surface area contributed by atoms with E-state index >= 15 is 0 Å². The summed E-state index contributed by atoms with van der Waals surface area (Å²) in [6.07, 6.45) is 6.68. The molecule has 3 fully saturated rings. The van der Waals surface area contributed by atoms with Gasteiger partial charge in [0.2, 0.25) is 0 Å². The third kappa shape index (κ3) is 3.71. The summed E-state index contributed by atoms with van der Waals surface area (Å²) >= 11 is 0. The Morgan fingerprint density at radius 1 is 1.08 bits per heavy atom. The molecule has 1 aromatic rings. The molecule has 1 N–H and O–H groups in total. The van der Waals surface area contributed by atoms with Crippen LogP contribution in [0.15, 0.2) is 24.3 Å². The van der Waals surface area contributed by atoms with Gasteiger partial charge in [0.15, 0.2) is 6.29 Å². The Morgan fingerprint density at radius 2 is 1.76 bits per heavy atom. The van der Waals surface area contributed by atoms with Gasteiger partial charge in [0.25, 0.3) is 0 Å². The fourth-order valence-corrected chi connectivity index (χ4v) is 4.94. The molecule has 4 nitrogen and oxygen atoms in total. The zero-order chi connectivity index (χ0) is 17.3. The first-order valence-electron chi connectivity index (χ1n) is 10.0. The average Bonchev–Trinajstić information content (AvgIpc) is 3.22. The van der Waals surface area contributed by atoms with Gasteiger partial charge in [-0.1, -0.05) is 30.5 Å². The van der Waals surface area contributed by atoms with Gasteiger partial charge in [-0.3, -0.25) is 4.90 Å². The minimum atomic E-state index is -0.515. The molecular formula is C21H32N2O2. The van der Waals surface area contributed by atoms with Crippen molar-refractivity contribution in [1.82, 2.24) is 4.90 Å². The topological polar surface area (TPSA) is 35.9 Å². The van der Waals surface area contributed by atoms with Crippen LogP contribution in [0.4, 0.5) is 5.69 Å². The van der Waals surface area contributed by atoms with Crippen LogP contribution in [0.3, 0.4) is 0 Å². The lowest BCUT2D eigenvalue weighted by molar-refractivity contribution is -0.135. The number of nitrogens with zero attached hydrogens (tertiary/aromatic N) is 2. The summed E-state index contributed by atoms with van der Waals surface area (Å²) in [5, 5.41) is 10.3. The first-order valence-corrected chi connectivity index (χ1v) is 10.0. The van der Waals surface area contributed by atoms with Crippen LogP contribution in [0.25, 0.3) is 0 Å². The van der Waals surface area contributed by atoms with Crippen molar-refractivity contribution in [3.8, 4) is 0 Å². The van der Waals surface area contributed by atoms with E-state index in [1.807, 2.05) is 0 Å². The minimum absolute atomic E-state index is 0.0921. The van der Waals surface area contributed by atoms with Crippen LogP contribution in [0.2, 0.25) is 0 Å². The van der Waals surface area contributed by atoms with Gasteiger partial charge in [-0.05, 0) is 44.7 Å². The van der Waals surface area contributed by atoms with Crippen LogP contribution in [0, 0.1) is 12.3 Å². The van der Waals surface area contributed by atoms with Crippen molar-refractivity contribution in [2.75, 3.05) is 37.6 Å². The molecule has 25 heavy (non-hydrogen) atoms. The Balaban J connectivity index is 1.22. The molecule has 1 aliphatic carbocycles. The normalized spacial score (nSPS) is 29.6. The fraction of sp³-hybridized carbons (Fsp3) is 0.714. The molecule has 3 aliphatic rings. The summed E-state index contributed by atoms with van der Waals surface area (Å²) in [7, 11) is 0. The molecule has 2 aliphatic heterocycles. The van der Waals surface area contributed by atoms with Gasteiger partial charge in [0, 0.05) is 43.8 Å². The molecule has 2 atom stereocenters. The zero-order valence-corrected chi connectivity index (χ0v) is 15.5. The van der Waals surface area contributed by atoms with Gasteiger partial charge in [0.05, 0.1) is 6.10 Å². The van der Waals surface area contributed by atoms with Crippen molar-refractivity contribution in [1.29, 1.82) is 0 Å². The molecule has 0 aromatic heterocycles. The third-order valence-electron chi connectivity index (χ3n) is 6.62. The molecular weight excluding hydrogens is 312 g/mol. The lowest BCUT2D eigenvalue weighted by Gasteiger charge is -2.36. The van der Waals surface area contributed by atoms with Gasteiger partial charge in [-0.2, -0.15) is 0 Å². The number of rotatable bonds is 4. The number of anilines is 1. The Hall–Kier alpha value is -1.10. The van der Waals surface area contributed by atoms with E-state index in [1.54, 1.807) is 0 Å².